The summed E-state index contributed by atoms with van der Waals surface area (Å²) < 4.78 is 0. The molecule has 5 nitrogen and oxygen atoms in total. The van der Waals surface area contributed by atoms with Crippen molar-refractivity contribution in [1.29, 1.82) is 5.26 Å². The van der Waals surface area contributed by atoms with Crippen molar-refractivity contribution in [3.8, 4) is 6.07 Å². The average Bonchev–Trinajstić information content (AvgIpc) is 2.90. The fraction of sp³-hybridized carbons (Fsp3) is 0.452. The quantitative estimate of drug-likeness (QED) is 0.231. The summed E-state index contributed by atoms with van der Waals surface area (Å²) in [5.74, 6) is 0.896. The molecule has 5 heteroatoms. The molecule has 0 radical (unpaired) electrons. The van der Waals surface area contributed by atoms with Gasteiger partial charge in [0.15, 0.2) is 0 Å². The van der Waals surface area contributed by atoms with Crippen LogP contribution in [0.25, 0.3) is 5.70 Å². The number of hydrogen-bond acceptors (Lipinski definition) is 4. The normalized spacial score (nSPS) is 15.3. The van der Waals surface area contributed by atoms with Crippen LogP contribution in [0.2, 0.25) is 0 Å². The Balaban J connectivity index is 1.77. The van der Waals surface area contributed by atoms with Crippen molar-refractivity contribution < 1.29 is 0 Å². The number of likely N-dealkylation sites (tertiary alicyclic amines) is 1. The number of nitrogens with one attached hydrogen (secondary N) is 1. The first-order valence-electron chi connectivity index (χ1n) is 13.2. The van der Waals surface area contributed by atoms with Crippen molar-refractivity contribution in [2.75, 3.05) is 13.1 Å². The number of piperidine rings is 1. The minimum absolute atomic E-state index is 0.118. The van der Waals surface area contributed by atoms with Crippen molar-refractivity contribution in [2.45, 2.75) is 78.2 Å². The highest BCUT2D eigenvalue weighted by Gasteiger charge is 2.32. The van der Waals surface area contributed by atoms with Gasteiger partial charge in [0.05, 0.1) is 18.2 Å². The summed E-state index contributed by atoms with van der Waals surface area (Å²) in [5, 5.41) is 13.0. The third kappa shape index (κ3) is 6.43. The van der Waals surface area contributed by atoms with Crippen LogP contribution in [-0.4, -0.2) is 30.5 Å². The van der Waals surface area contributed by atoms with E-state index in [0.717, 1.165) is 63.1 Å². The van der Waals surface area contributed by atoms with E-state index in [2.05, 4.69) is 86.8 Å². The van der Waals surface area contributed by atoms with Crippen LogP contribution in [0.4, 0.5) is 0 Å². The summed E-state index contributed by atoms with van der Waals surface area (Å²) in [6, 6.07) is 14.9. The number of hydrogen-bond donors (Lipinski definition) is 1. The van der Waals surface area contributed by atoms with Crippen LogP contribution in [0, 0.1) is 18.3 Å². The number of unbranched alkanes of at least 4 members (excludes halogenated alkanes) is 1. The number of amidine groups is 1. The zero-order valence-electron chi connectivity index (χ0n) is 22.5. The van der Waals surface area contributed by atoms with Crippen molar-refractivity contribution in [2.24, 2.45) is 10.1 Å². The molecule has 0 amide bonds. The first-order valence-corrected chi connectivity index (χ1v) is 13.2. The van der Waals surface area contributed by atoms with Crippen molar-refractivity contribution in [3.05, 3.63) is 76.4 Å². The van der Waals surface area contributed by atoms with Crippen LogP contribution in [-0.2, 0) is 18.4 Å². The molecule has 2 aromatic rings. The predicted octanol–water partition coefficient (Wildman–Crippen LogP) is 6.75. The molecule has 2 aromatic carbocycles. The van der Waals surface area contributed by atoms with Gasteiger partial charge in [-0.25, -0.2) is 0 Å². The Bertz CT molecular complexity index is 1130. The minimum Gasteiger partial charge on any atom is -0.371 e. The Morgan fingerprint density at radius 3 is 2.42 bits per heavy atom. The number of aryl methyl sites for hydroxylation is 2. The van der Waals surface area contributed by atoms with Crippen molar-refractivity contribution in [3.63, 3.8) is 0 Å². The SMILES string of the molecule is C=NNC(CCCC)=NCc1cc(C(=C)N2CCC(C)(c3ccc(C#N)cc3)CC2)c(C)cc1CC. The summed E-state index contributed by atoms with van der Waals surface area (Å²) in [5.41, 5.74) is 11.3. The molecule has 0 aliphatic carbocycles. The van der Waals surface area contributed by atoms with Crippen LogP contribution < -0.4 is 5.43 Å². The first-order chi connectivity index (χ1) is 17.3. The first kappa shape index (κ1) is 27.2. The second-order valence-corrected chi connectivity index (χ2v) is 10.1. The summed E-state index contributed by atoms with van der Waals surface area (Å²) >= 11 is 0. The average molecular weight is 484 g/mol. The molecule has 1 saturated heterocycles. The van der Waals surface area contributed by atoms with E-state index in [9.17, 15) is 0 Å². The molecule has 36 heavy (non-hydrogen) atoms. The topological polar surface area (TPSA) is 63.8 Å². The lowest BCUT2D eigenvalue weighted by atomic mass is 9.74. The molecule has 1 heterocycles. The fourth-order valence-electron chi connectivity index (χ4n) is 5.06. The summed E-state index contributed by atoms with van der Waals surface area (Å²) in [7, 11) is 0. The number of nitriles is 1. The van der Waals surface area contributed by atoms with Gasteiger partial charge in [-0.1, -0.05) is 52.0 Å². The second kappa shape index (κ2) is 12.5. The van der Waals surface area contributed by atoms with Gasteiger partial charge in [-0.3, -0.25) is 10.4 Å². The highest BCUT2D eigenvalue weighted by Crippen LogP contribution is 2.38. The minimum atomic E-state index is 0.118. The maximum Gasteiger partial charge on any atom is 0.117 e. The van der Waals surface area contributed by atoms with Crippen LogP contribution in [0.1, 0.15) is 86.3 Å². The molecular weight excluding hydrogens is 442 g/mol. The van der Waals surface area contributed by atoms with Gasteiger partial charge in [0.1, 0.15) is 5.84 Å². The fourth-order valence-corrected chi connectivity index (χ4v) is 5.06. The molecule has 0 aromatic heterocycles. The molecule has 1 aliphatic heterocycles. The molecular formula is C31H41N5. The van der Waals surface area contributed by atoms with Gasteiger partial charge in [0.25, 0.3) is 0 Å². The maximum atomic E-state index is 9.12. The third-order valence-electron chi connectivity index (χ3n) is 7.61. The zero-order chi connectivity index (χ0) is 26.1. The monoisotopic (exact) mass is 483 g/mol. The number of rotatable bonds is 10. The van der Waals surface area contributed by atoms with Crippen LogP contribution in [0.5, 0.6) is 0 Å². The second-order valence-electron chi connectivity index (χ2n) is 10.1. The van der Waals surface area contributed by atoms with E-state index in [1.54, 1.807) is 0 Å². The molecule has 0 bridgehead atoms. The van der Waals surface area contributed by atoms with E-state index in [1.165, 1.54) is 27.8 Å². The van der Waals surface area contributed by atoms with Gasteiger partial charge in [-0.15, -0.1) is 0 Å². The summed E-state index contributed by atoms with van der Waals surface area (Å²) in [6.45, 7) is 19.6. The molecule has 0 saturated carbocycles. The molecule has 0 spiro atoms. The largest absolute Gasteiger partial charge is 0.371 e. The Morgan fingerprint density at radius 1 is 1.14 bits per heavy atom. The van der Waals surface area contributed by atoms with Gasteiger partial charge < -0.3 is 4.90 Å². The number of aliphatic imine (C=N–C) groups is 1. The van der Waals surface area contributed by atoms with E-state index < -0.39 is 0 Å². The molecule has 1 fully saturated rings. The molecule has 0 unspecified atom stereocenters. The van der Waals surface area contributed by atoms with Gasteiger partial charge in [-0.2, -0.15) is 10.4 Å². The Hall–Kier alpha value is -3.39. The summed E-state index contributed by atoms with van der Waals surface area (Å²) in [6.07, 6.45) is 6.17. The van der Waals surface area contributed by atoms with E-state index in [-0.39, 0.29) is 5.41 Å². The zero-order valence-corrected chi connectivity index (χ0v) is 22.5. The maximum absolute atomic E-state index is 9.12. The van der Waals surface area contributed by atoms with Crippen LogP contribution in [0.15, 0.2) is 53.1 Å². The third-order valence-corrected chi connectivity index (χ3v) is 7.61. The molecule has 0 atom stereocenters. The van der Waals surface area contributed by atoms with Gasteiger partial charge in [0, 0.05) is 37.5 Å². The number of hydrazone groups is 1. The van der Waals surface area contributed by atoms with Crippen molar-refractivity contribution in [1.82, 2.24) is 10.3 Å². The van der Waals surface area contributed by atoms with Gasteiger partial charge >= 0.3 is 0 Å². The number of benzene rings is 2. The van der Waals surface area contributed by atoms with Crippen LogP contribution >= 0.6 is 0 Å². The lowest BCUT2D eigenvalue weighted by molar-refractivity contribution is 0.231. The molecule has 1 N–H and O–H groups in total. The van der Waals surface area contributed by atoms with Gasteiger partial charge in [-0.05, 0) is 78.5 Å². The van der Waals surface area contributed by atoms with Gasteiger partial charge in [0.2, 0.25) is 0 Å². The number of nitrogens with zero attached hydrogens (tertiary/aromatic N) is 4. The Labute approximate surface area is 217 Å². The Morgan fingerprint density at radius 2 is 1.83 bits per heavy atom. The highest BCUT2D eigenvalue weighted by atomic mass is 15.3. The van der Waals surface area contributed by atoms with E-state index in [1.807, 2.05) is 12.1 Å². The Kier molecular flexibility index (Phi) is 9.47. The van der Waals surface area contributed by atoms with E-state index in [0.29, 0.717) is 12.1 Å². The van der Waals surface area contributed by atoms with Crippen LogP contribution in [0.3, 0.4) is 0 Å². The summed E-state index contributed by atoms with van der Waals surface area (Å²) in [4.78, 5) is 7.28. The lowest BCUT2D eigenvalue weighted by Crippen LogP contribution is -2.40. The standard InChI is InChI=1S/C31H41N5/c1-7-9-10-30(35-33-6)34-22-27-20-29(23(3)19-26(27)8-2)24(4)36-17-15-31(5,16-18-36)28-13-11-25(21-32)12-14-28/h11-14,19-20H,4,6-10,15-18,22H2,1-3,5H3,(H,34,35). The smallest absolute Gasteiger partial charge is 0.117 e. The molecule has 3 rings (SSSR count). The molecule has 190 valence electrons. The lowest BCUT2D eigenvalue weighted by Gasteiger charge is -2.42. The van der Waals surface area contributed by atoms with Crippen molar-refractivity contribution >= 4 is 18.3 Å². The van der Waals surface area contributed by atoms with E-state index >= 15 is 0 Å². The molecule has 1 aliphatic rings. The highest BCUT2D eigenvalue weighted by molar-refractivity contribution is 5.82. The predicted molar refractivity (Wildman–Crippen MR) is 152 cm³/mol. The van der Waals surface area contributed by atoms with E-state index in [4.69, 9.17) is 10.3 Å².